The van der Waals surface area contributed by atoms with Gasteiger partial charge >= 0.3 is 0 Å². The first-order chi connectivity index (χ1) is 12.6. The molecule has 7 nitrogen and oxygen atoms in total. The van der Waals surface area contributed by atoms with Gasteiger partial charge in [-0.15, -0.1) is 0 Å². The maximum Gasteiger partial charge on any atom is 0.274 e. The summed E-state index contributed by atoms with van der Waals surface area (Å²) in [7, 11) is 1.66. The van der Waals surface area contributed by atoms with Gasteiger partial charge in [-0.05, 0) is 36.6 Å². The molecule has 3 rings (SSSR count). The Kier molecular flexibility index (Phi) is 5.58. The molecule has 0 saturated carbocycles. The number of benzene rings is 2. The highest BCUT2D eigenvalue weighted by molar-refractivity contribution is 5.51. The van der Waals surface area contributed by atoms with Gasteiger partial charge < -0.3 is 20.1 Å². The lowest BCUT2D eigenvalue weighted by atomic mass is 10.1. The Hall–Kier alpha value is -2.80. The molecule has 1 atom stereocenters. The first-order valence-corrected chi connectivity index (χ1v) is 8.63. The van der Waals surface area contributed by atoms with Gasteiger partial charge in [-0.2, -0.15) is 0 Å². The van der Waals surface area contributed by atoms with Gasteiger partial charge in [0.05, 0.1) is 12.0 Å². The van der Waals surface area contributed by atoms with E-state index < -0.39 is 4.92 Å². The highest BCUT2D eigenvalue weighted by Gasteiger charge is 2.23. The van der Waals surface area contributed by atoms with Crippen LogP contribution in [0, 0.1) is 16.0 Å². The lowest BCUT2D eigenvalue weighted by Gasteiger charge is -2.19. The zero-order chi connectivity index (χ0) is 18.5. The lowest BCUT2D eigenvalue weighted by molar-refractivity contribution is -0.385. The van der Waals surface area contributed by atoms with Gasteiger partial charge in [-0.3, -0.25) is 10.1 Å². The number of hydrogen-bond acceptors (Lipinski definition) is 6. The second kappa shape index (κ2) is 8.05. The molecule has 0 aromatic heterocycles. The fourth-order valence-electron chi connectivity index (χ4n) is 3.34. The van der Waals surface area contributed by atoms with E-state index in [0.717, 1.165) is 37.5 Å². The summed E-state index contributed by atoms with van der Waals surface area (Å²) < 4.78 is 5.28. The minimum Gasteiger partial charge on any atom is -0.508 e. The quantitative estimate of drug-likeness (QED) is 0.585. The van der Waals surface area contributed by atoms with Crippen LogP contribution in [0.25, 0.3) is 0 Å². The number of hydrogen-bond donors (Lipinski definition) is 2. The summed E-state index contributed by atoms with van der Waals surface area (Å²) in [6, 6.07) is 12.2. The number of nitrogens with zero attached hydrogens (tertiary/aromatic N) is 2. The Balaban J connectivity index is 1.54. The number of anilines is 1. The molecule has 2 N–H and O–H groups in total. The third-order valence-corrected chi connectivity index (χ3v) is 4.71. The minimum atomic E-state index is -0.420. The molecule has 2 aromatic carbocycles. The molecule has 7 heteroatoms. The van der Waals surface area contributed by atoms with Gasteiger partial charge in [0, 0.05) is 49.6 Å². The summed E-state index contributed by atoms with van der Waals surface area (Å²) in [5.41, 5.74) is 1.67. The van der Waals surface area contributed by atoms with Crippen molar-refractivity contribution in [3.8, 4) is 11.5 Å². The number of phenolic OH excluding ortho intramolecular Hbond substituents is 1. The van der Waals surface area contributed by atoms with Crippen LogP contribution < -0.4 is 15.0 Å². The fourth-order valence-corrected chi connectivity index (χ4v) is 3.34. The van der Waals surface area contributed by atoms with Crippen molar-refractivity contribution >= 4 is 11.4 Å². The molecule has 0 radical (unpaired) electrons. The zero-order valence-electron chi connectivity index (χ0n) is 14.7. The smallest absolute Gasteiger partial charge is 0.274 e. The standard InChI is InChI=1S/C19H23N3O4/c1-26-18-4-2-3-16(10-18)21-8-7-14(13-21)11-20-12-15-9-17(23)5-6-19(15)22(24)25/h2-6,9-10,14,20,23H,7-8,11-13H2,1H3/t14-/m0/s1. The number of phenols is 1. The molecule has 1 fully saturated rings. The Morgan fingerprint density at radius 3 is 2.96 bits per heavy atom. The third kappa shape index (κ3) is 4.23. The average Bonchev–Trinajstić information content (AvgIpc) is 3.10. The second-order valence-electron chi connectivity index (χ2n) is 6.50. The molecule has 1 aliphatic rings. The molecule has 0 aliphatic carbocycles. The highest BCUT2D eigenvalue weighted by atomic mass is 16.6. The van der Waals surface area contributed by atoms with E-state index in [-0.39, 0.29) is 11.4 Å². The minimum absolute atomic E-state index is 0.0275. The molecule has 1 heterocycles. The molecule has 1 saturated heterocycles. The van der Waals surface area contributed by atoms with Crippen molar-refractivity contribution in [2.24, 2.45) is 5.92 Å². The second-order valence-corrected chi connectivity index (χ2v) is 6.50. The Labute approximate surface area is 152 Å². The maximum atomic E-state index is 11.1. The summed E-state index contributed by atoms with van der Waals surface area (Å²) in [5, 5.41) is 23.9. The summed E-state index contributed by atoms with van der Waals surface area (Å²) in [5.74, 6) is 1.36. The molecule has 26 heavy (non-hydrogen) atoms. The topological polar surface area (TPSA) is 87.9 Å². The zero-order valence-corrected chi connectivity index (χ0v) is 14.7. The van der Waals surface area contributed by atoms with Crippen molar-refractivity contribution in [3.05, 3.63) is 58.1 Å². The van der Waals surface area contributed by atoms with E-state index in [4.69, 9.17) is 4.74 Å². The number of methoxy groups -OCH3 is 1. The van der Waals surface area contributed by atoms with Crippen LogP contribution >= 0.6 is 0 Å². The van der Waals surface area contributed by atoms with Crippen molar-refractivity contribution in [1.82, 2.24) is 5.32 Å². The normalized spacial score (nSPS) is 16.7. The van der Waals surface area contributed by atoms with E-state index in [1.807, 2.05) is 18.2 Å². The molecule has 2 aromatic rings. The molecular formula is C19H23N3O4. The van der Waals surface area contributed by atoms with Crippen LogP contribution in [0.3, 0.4) is 0 Å². The largest absolute Gasteiger partial charge is 0.508 e. The van der Waals surface area contributed by atoms with Crippen LogP contribution in [-0.2, 0) is 6.54 Å². The number of ether oxygens (including phenoxy) is 1. The molecule has 0 unspecified atom stereocenters. The van der Waals surface area contributed by atoms with Crippen molar-refractivity contribution < 1.29 is 14.8 Å². The lowest BCUT2D eigenvalue weighted by Crippen LogP contribution is -2.26. The molecular weight excluding hydrogens is 334 g/mol. The van der Waals surface area contributed by atoms with E-state index in [0.29, 0.717) is 18.0 Å². The number of nitro benzene ring substituents is 1. The van der Waals surface area contributed by atoms with E-state index in [1.165, 1.54) is 18.2 Å². The van der Waals surface area contributed by atoms with E-state index in [9.17, 15) is 15.2 Å². The summed E-state index contributed by atoms with van der Waals surface area (Å²) in [4.78, 5) is 13.0. The van der Waals surface area contributed by atoms with Gasteiger partial charge in [0.15, 0.2) is 0 Å². The van der Waals surface area contributed by atoms with Crippen LogP contribution in [0.15, 0.2) is 42.5 Å². The van der Waals surface area contributed by atoms with Gasteiger partial charge in [0.1, 0.15) is 11.5 Å². The van der Waals surface area contributed by atoms with Gasteiger partial charge in [0.25, 0.3) is 5.69 Å². The molecule has 1 aliphatic heterocycles. The highest BCUT2D eigenvalue weighted by Crippen LogP contribution is 2.27. The van der Waals surface area contributed by atoms with E-state index >= 15 is 0 Å². The number of nitrogens with one attached hydrogen (secondary N) is 1. The predicted molar refractivity (Wildman–Crippen MR) is 99.8 cm³/mol. The van der Waals surface area contributed by atoms with Crippen LogP contribution in [0.5, 0.6) is 11.5 Å². The molecule has 0 bridgehead atoms. The Morgan fingerprint density at radius 1 is 1.35 bits per heavy atom. The monoisotopic (exact) mass is 357 g/mol. The Morgan fingerprint density at radius 2 is 2.19 bits per heavy atom. The first kappa shape index (κ1) is 18.0. The Bertz CT molecular complexity index is 781. The first-order valence-electron chi connectivity index (χ1n) is 8.63. The third-order valence-electron chi connectivity index (χ3n) is 4.71. The number of rotatable bonds is 7. The molecule has 0 amide bonds. The number of nitro groups is 1. The van der Waals surface area contributed by atoms with E-state index in [2.05, 4.69) is 16.3 Å². The van der Waals surface area contributed by atoms with Crippen molar-refractivity contribution in [2.75, 3.05) is 31.6 Å². The average molecular weight is 357 g/mol. The van der Waals surface area contributed by atoms with Gasteiger partial charge in [-0.1, -0.05) is 6.07 Å². The predicted octanol–water partition coefficient (Wildman–Crippen LogP) is 2.93. The molecule has 0 spiro atoms. The van der Waals surface area contributed by atoms with Crippen molar-refractivity contribution in [1.29, 1.82) is 0 Å². The number of aromatic hydroxyl groups is 1. The summed E-state index contributed by atoms with van der Waals surface area (Å²) in [6.45, 7) is 3.04. The summed E-state index contributed by atoms with van der Waals surface area (Å²) in [6.07, 6.45) is 1.06. The summed E-state index contributed by atoms with van der Waals surface area (Å²) >= 11 is 0. The van der Waals surface area contributed by atoms with Crippen LogP contribution in [0.4, 0.5) is 11.4 Å². The fraction of sp³-hybridized carbons (Fsp3) is 0.368. The van der Waals surface area contributed by atoms with Crippen molar-refractivity contribution in [3.63, 3.8) is 0 Å². The molecule has 138 valence electrons. The van der Waals surface area contributed by atoms with Crippen LogP contribution in [0.1, 0.15) is 12.0 Å². The van der Waals surface area contributed by atoms with Gasteiger partial charge in [0.2, 0.25) is 0 Å². The van der Waals surface area contributed by atoms with E-state index in [1.54, 1.807) is 7.11 Å². The maximum absolute atomic E-state index is 11.1. The van der Waals surface area contributed by atoms with Crippen LogP contribution in [0.2, 0.25) is 0 Å². The van der Waals surface area contributed by atoms with Crippen molar-refractivity contribution in [2.45, 2.75) is 13.0 Å². The van der Waals surface area contributed by atoms with Gasteiger partial charge in [-0.25, -0.2) is 0 Å². The SMILES string of the molecule is COc1cccc(N2CC[C@@H](CNCc3cc(O)ccc3[N+](=O)[O-])C2)c1. The van der Waals surface area contributed by atoms with Crippen LogP contribution in [-0.4, -0.2) is 36.8 Å².